The monoisotopic (exact) mass is 312 g/mol. The molecule has 0 aliphatic rings. The number of aryl methyl sites for hydroxylation is 1. The largest absolute Gasteiger partial charge is 0.316 e. The third-order valence-corrected chi connectivity index (χ3v) is 4.13. The number of nitrogens with one attached hydrogen (secondary N) is 2. The van der Waals surface area contributed by atoms with Gasteiger partial charge in [-0.25, -0.2) is 13.1 Å². The first kappa shape index (κ1) is 17.7. The summed E-state index contributed by atoms with van der Waals surface area (Å²) in [6.07, 6.45) is 0. The van der Waals surface area contributed by atoms with Gasteiger partial charge in [0.15, 0.2) is 0 Å². The molecule has 0 radical (unpaired) electrons. The topological polar surface area (TPSA) is 58.2 Å². The van der Waals surface area contributed by atoms with E-state index in [4.69, 9.17) is 11.6 Å². The van der Waals surface area contributed by atoms with Gasteiger partial charge in [0, 0.05) is 18.1 Å². The molecule has 0 amide bonds. The summed E-state index contributed by atoms with van der Waals surface area (Å²) < 4.78 is 26.4. The fourth-order valence-corrected chi connectivity index (χ4v) is 2.93. The van der Waals surface area contributed by atoms with E-state index in [-0.39, 0.29) is 17.3 Å². The van der Waals surface area contributed by atoms with Gasteiger partial charge in [0.05, 0.1) is 4.90 Å². The summed E-state index contributed by atoms with van der Waals surface area (Å²) in [6.45, 7) is 5.50. The Bertz CT molecular complexity index is 478. The Morgan fingerprint density at radius 1 is 1.28 bits per heavy atom. The second kappa shape index (κ2) is 7.96. The lowest BCUT2D eigenvalue weighted by Gasteiger charge is -2.09. The number of hydrogen-bond acceptors (Lipinski definition) is 3. The van der Waals surface area contributed by atoms with Gasteiger partial charge >= 0.3 is 0 Å². The second-order valence-corrected chi connectivity index (χ2v) is 5.83. The van der Waals surface area contributed by atoms with Gasteiger partial charge in [-0.15, -0.1) is 12.4 Å². The van der Waals surface area contributed by atoms with E-state index >= 15 is 0 Å². The highest BCUT2D eigenvalue weighted by Gasteiger charge is 2.15. The first-order valence-corrected chi connectivity index (χ1v) is 7.30. The number of rotatable bonds is 6. The summed E-state index contributed by atoms with van der Waals surface area (Å²) in [5.41, 5.74) is 0.647. The summed E-state index contributed by atoms with van der Waals surface area (Å²) in [6, 6.07) is 4.74. The molecule has 2 N–H and O–H groups in total. The summed E-state index contributed by atoms with van der Waals surface area (Å²) in [5.74, 6) is 0. The molecule has 104 valence electrons. The van der Waals surface area contributed by atoms with E-state index in [2.05, 4.69) is 10.0 Å². The fourth-order valence-electron chi connectivity index (χ4n) is 1.44. The van der Waals surface area contributed by atoms with E-state index in [1.807, 2.05) is 6.92 Å². The average molecular weight is 313 g/mol. The van der Waals surface area contributed by atoms with E-state index in [1.165, 1.54) is 6.07 Å². The molecular weight excluding hydrogens is 295 g/mol. The molecule has 1 aromatic carbocycles. The van der Waals surface area contributed by atoms with Crippen molar-refractivity contribution in [3.63, 3.8) is 0 Å². The van der Waals surface area contributed by atoms with Crippen LogP contribution in [0.2, 0.25) is 5.02 Å². The van der Waals surface area contributed by atoms with Crippen molar-refractivity contribution in [1.29, 1.82) is 0 Å². The second-order valence-electron chi connectivity index (χ2n) is 3.66. The highest BCUT2D eigenvalue weighted by atomic mass is 35.5. The predicted molar refractivity (Wildman–Crippen MR) is 77.2 cm³/mol. The Morgan fingerprint density at radius 3 is 2.50 bits per heavy atom. The van der Waals surface area contributed by atoms with Crippen LogP contribution in [0.1, 0.15) is 12.5 Å². The van der Waals surface area contributed by atoms with E-state index in [9.17, 15) is 8.42 Å². The predicted octanol–water partition coefficient (Wildman–Crippen LogP) is 1.96. The van der Waals surface area contributed by atoms with Gasteiger partial charge in [-0.3, -0.25) is 0 Å². The van der Waals surface area contributed by atoms with Gasteiger partial charge in [-0.1, -0.05) is 18.5 Å². The van der Waals surface area contributed by atoms with E-state index in [0.717, 1.165) is 6.54 Å². The van der Waals surface area contributed by atoms with Gasteiger partial charge in [0.2, 0.25) is 10.0 Å². The van der Waals surface area contributed by atoms with Crippen molar-refractivity contribution in [2.24, 2.45) is 0 Å². The number of hydrogen-bond donors (Lipinski definition) is 2. The van der Waals surface area contributed by atoms with Crippen LogP contribution in [0.5, 0.6) is 0 Å². The molecule has 1 aromatic rings. The molecule has 0 unspecified atom stereocenters. The Kier molecular flexibility index (Phi) is 7.82. The molecule has 0 atom stereocenters. The lowest BCUT2D eigenvalue weighted by Crippen LogP contribution is -2.32. The molecule has 0 bridgehead atoms. The van der Waals surface area contributed by atoms with Crippen LogP contribution in [-0.4, -0.2) is 28.1 Å². The minimum Gasteiger partial charge on any atom is -0.316 e. The van der Waals surface area contributed by atoms with Crippen LogP contribution in [-0.2, 0) is 10.0 Å². The van der Waals surface area contributed by atoms with E-state index in [1.54, 1.807) is 19.1 Å². The van der Waals surface area contributed by atoms with Crippen LogP contribution < -0.4 is 10.0 Å². The lowest BCUT2D eigenvalue weighted by molar-refractivity contribution is 0.577. The van der Waals surface area contributed by atoms with Crippen molar-refractivity contribution in [1.82, 2.24) is 10.0 Å². The number of benzene rings is 1. The summed E-state index contributed by atoms with van der Waals surface area (Å²) in [4.78, 5) is 0.276. The maximum absolute atomic E-state index is 11.9. The van der Waals surface area contributed by atoms with Crippen LogP contribution >= 0.6 is 24.0 Å². The number of sulfonamides is 1. The molecule has 1 rings (SSSR count). The molecule has 0 aromatic heterocycles. The van der Waals surface area contributed by atoms with Crippen molar-refractivity contribution >= 4 is 34.0 Å². The fraction of sp³-hybridized carbons (Fsp3) is 0.455. The zero-order chi connectivity index (χ0) is 12.9. The standard InChI is InChI=1S/C11H17ClN2O2S.ClH/c1-3-13-6-7-14-17(15,16)11-5-4-10(12)8-9(11)2;/h4-5,8,13-14H,3,6-7H2,1-2H3;1H. The third kappa shape index (κ3) is 5.12. The summed E-state index contributed by atoms with van der Waals surface area (Å²) >= 11 is 5.79. The molecule has 0 aliphatic heterocycles. The maximum atomic E-state index is 11.9. The Labute approximate surface area is 120 Å². The minimum atomic E-state index is -3.44. The van der Waals surface area contributed by atoms with E-state index < -0.39 is 10.0 Å². The van der Waals surface area contributed by atoms with Gasteiger partial charge in [-0.05, 0) is 37.2 Å². The smallest absolute Gasteiger partial charge is 0.240 e. The summed E-state index contributed by atoms with van der Waals surface area (Å²) in [5, 5.41) is 3.58. The Hall–Kier alpha value is -0.330. The quantitative estimate of drug-likeness (QED) is 0.789. The molecule has 0 heterocycles. The van der Waals surface area contributed by atoms with Crippen molar-refractivity contribution in [3.05, 3.63) is 28.8 Å². The zero-order valence-electron chi connectivity index (χ0n) is 10.4. The molecule has 18 heavy (non-hydrogen) atoms. The molecule has 0 spiro atoms. The molecule has 0 aliphatic carbocycles. The molecule has 7 heteroatoms. The van der Waals surface area contributed by atoms with Crippen molar-refractivity contribution in [2.75, 3.05) is 19.6 Å². The highest BCUT2D eigenvalue weighted by molar-refractivity contribution is 7.89. The van der Waals surface area contributed by atoms with Crippen molar-refractivity contribution in [3.8, 4) is 0 Å². The molecule has 4 nitrogen and oxygen atoms in total. The maximum Gasteiger partial charge on any atom is 0.240 e. The zero-order valence-corrected chi connectivity index (χ0v) is 12.8. The number of halogens is 2. The molecule has 0 saturated heterocycles. The van der Waals surface area contributed by atoms with Gasteiger partial charge in [-0.2, -0.15) is 0 Å². The van der Waals surface area contributed by atoms with Crippen LogP contribution in [0.3, 0.4) is 0 Å². The van der Waals surface area contributed by atoms with E-state index in [0.29, 0.717) is 23.7 Å². The highest BCUT2D eigenvalue weighted by Crippen LogP contribution is 2.19. The minimum absolute atomic E-state index is 0. The molecule has 0 fully saturated rings. The first-order valence-electron chi connectivity index (χ1n) is 5.44. The van der Waals surface area contributed by atoms with Gasteiger partial charge < -0.3 is 5.32 Å². The van der Waals surface area contributed by atoms with Crippen molar-refractivity contribution in [2.45, 2.75) is 18.7 Å². The van der Waals surface area contributed by atoms with Crippen LogP contribution in [0.15, 0.2) is 23.1 Å². The van der Waals surface area contributed by atoms with Gasteiger partial charge in [0.25, 0.3) is 0 Å². The molecule has 0 saturated carbocycles. The SMILES string of the molecule is CCNCCNS(=O)(=O)c1ccc(Cl)cc1C.Cl. The Balaban J connectivity index is 0.00000289. The first-order chi connectivity index (χ1) is 7.97. The summed E-state index contributed by atoms with van der Waals surface area (Å²) in [7, 11) is -3.44. The number of likely N-dealkylation sites (N-methyl/N-ethyl adjacent to an activating group) is 1. The van der Waals surface area contributed by atoms with Crippen LogP contribution in [0, 0.1) is 6.92 Å². The van der Waals surface area contributed by atoms with Crippen LogP contribution in [0.4, 0.5) is 0 Å². The average Bonchev–Trinajstić information content (AvgIpc) is 2.24. The molecular formula is C11H18Cl2N2O2S. The normalized spacial score (nSPS) is 11.1. The van der Waals surface area contributed by atoms with Gasteiger partial charge in [0.1, 0.15) is 0 Å². The van der Waals surface area contributed by atoms with Crippen LogP contribution in [0.25, 0.3) is 0 Å². The lowest BCUT2D eigenvalue weighted by atomic mass is 10.2. The Morgan fingerprint density at radius 2 is 1.94 bits per heavy atom. The van der Waals surface area contributed by atoms with Crippen molar-refractivity contribution < 1.29 is 8.42 Å². The third-order valence-electron chi connectivity index (χ3n) is 2.27.